The lowest BCUT2D eigenvalue weighted by molar-refractivity contribution is -0.118. The van der Waals surface area contributed by atoms with E-state index < -0.39 is 0 Å². The maximum absolute atomic E-state index is 12.1. The Morgan fingerprint density at radius 2 is 2.04 bits per heavy atom. The summed E-state index contributed by atoms with van der Waals surface area (Å²) in [7, 11) is 0. The number of fused-ring (bicyclic) bond motifs is 1. The minimum Gasteiger partial charge on any atom is -0.484 e. The summed E-state index contributed by atoms with van der Waals surface area (Å²) in [6.45, 7) is 4.03. The average molecular weight is 359 g/mol. The number of hydrogen-bond acceptors (Lipinski definition) is 3. The molecule has 130 valence electrons. The highest BCUT2D eigenvalue weighted by atomic mass is 35.5. The SMILES string of the molecule is CC(=O)N1CCc2cc(NC(=O)COc3ccc(Cl)c(C)c3)ccc21. The molecule has 6 heteroatoms. The molecule has 0 saturated carbocycles. The molecule has 1 N–H and O–H groups in total. The molecule has 25 heavy (non-hydrogen) atoms. The lowest BCUT2D eigenvalue weighted by Gasteiger charge is -2.15. The van der Waals surface area contributed by atoms with Crippen LogP contribution in [0, 0.1) is 6.92 Å². The zero-order chi connectivity index (χ0) is 18.0. The first-order valence-electron chi connectivity index (χ1n) is 8.04. The number of hydrogen-bond donors (Lipinski definition) is 1. The number of aryl methyl sites for hydroxylation is 1. The van der Waals surface area contributed by atoms with Crippen molar-refractivity contribution in [1.29, 1.82) is 0 Å². The van der Waals surface area contributed by atoms with Crippen molar-refractivity contribution in [3.05, 3.63) is 52.5 Å². The van der Waals surface area contributed by atoms with Crippen LogP contribution in [0.2, 0.25) is 5.02 Å². The Bertz CT molecular complexity index is 835. The highest BCUT2D eigenvalue weighted by molar-refractivity contribution is 6.31. The third kappa shape index (κ3) is 3.94. The van der Waals surface area contributed by atoms with Gasteiger partial charge in [-0.15, -0.1) is 0 Å². The Balaban J connectivity index is 1.60. The highest BCUT2D eigenvalue weighted by Crippen LogP contribution is 2.30. The van der Waals surface area contributed by atoms with Crippen molar-refractivity contribution in [2.75, 3.05) is 23.4 Å². The molecule has 0 aromatic heterocycles. The fraction of sp³-hybridized carbons (Fsp3) is 0.263. The van der Waals surface area contributed by atoms with Gasteiger partial charge < -0.3 is 15.0 Å². The van der Waals surface area contributed by atoms with Crippen LogP contribution in [-0.4, -0.2) is 25.0 Å². The van der Waals surface area contributed by atoms with E-state index in [-0.39, 0.29) is 18.4 Å². The molecule has 2 amide bonds. The Morgan fingerprint density at radius 3 is 2.76 bits per heavy atom. The molecule has 0 spiro atoms. The number of rotatable bonds is 4. The minimum atomic E-state index is -0.242. The van der Waals surface area contributed by atoms with Crippen molar-refractivity contribution in [2.45, 2.75) is 20.3 Å². The summed E-state index contributed by atoms with van der Waals surface area (Å²) in [5.74, 6) is 0.388. The second kappa shape index (κ2) is 7.15. The van der Waals surface area contributed by atoms with Gasteiger partial charge in [0.2, 0.25) is 5.91 Å². The number of carbonyl (C=O) groups excluding carboxylic acids is 2. The molecule has 0 bridgehead atoms. The van der Waals surface area contributed by atoms with E-state index >= 15 is 0 Å². The molecule has 0 radical (unpaired) electrons. The van der Waals surface area contributed by atoms with E-state index in [0.717, 1.165) is 23.2 Å². The second-order valence-electron chi connectivity index (χ2n) is 6.01. The fourth-order valence-electron chi connectivity index (χ4n) is 2.86. The first kappa shape index (κ1) is 17.3. The summed E-state index contributed by atoms with van der Waals surface area (Å²) in [4.78, 5) is 25.4. The number of anilines is 2. The normalized spacial score (nSPS) is 12.7. The summed E-state index contributed by atoms with van der Waals surface area (Å²) in [5, 5.41) is 3.48. The molecule has 1 aliphatic rings. The number of nitrogens with zero attached hydrogens (tertiary/aromatic N) is 1. The van der Waals surface area contributed by atoms with Gasteiger partial charge in [0, 0.05) is 29.9 Å². The number of nitrogens with one attached hydrogen (secondary N) is 1. The number of carbonyl (C=O) groups is 2. The van der Waals surface area contributed by atoms with Crippen molar-refractivity contribution in [3.63, 3.8) is 0 Å². The Morgan fingerprint density at radius 1 is 1.24 bits per heavy atom. The molecule has 0 aliphatic carbocycles. The van der Waals surface area contributed by atoms with Gasteiger partial charge >= 0.3 is 0 Å². The summed E-state index contributed by atoms with van der Waals surface area (Å²) in [6, 6.07) is 10.8. The largest absolute Gasteiger partial charge is 0.484 e. The highest BCUT2D eigenvalue weighted by Gasteiger charge is 2.22. The molecule has 0 fully saturated rings. The standard InChI is InChI=1S/C19H19ClN2O3/c1-12-9-16(4-5-17(12)20)25-11-19(24)21-15-3-6-18-14(10-15)7-8-22(18)13(2)23/h3-6,9-10H,7-8,11H2,1-2H3,(H,21,24). The Kier molecular flexibility index (Phi) is 4.95. The first-order chi connectivity index (χ1) is 11.9. The van der Waals surface area contributed by atoms with Crippen LogP contribution in [-0.2, 0) is 16.0 Å². The van der Waals surface area contributed by atoms with Crippen LogP contribution in [0.4, 0.5) is 11.4 Å². The molecule has 1 aliphatic heterocycles. The van der Waals surface area contributed by atoms with Gasteiger partial charge in [0.1, 0.15) is 5.75 Å². The number of ether oxygens (including phenoxy) is 1. The maximum Gasteiger partial charge on any atom is 0.262 e. The van der Waals surface area contributed by atoms with Gasteiger partial charge in [0.25, 0.3) is 5.91 Å². The predicted molar refractivity (Wildman–Crippen MR) is 98.5 cm³/mol. The molecular formula is C19H19ClN2O3. The van der Waals surface area contributed by atoms with Gasteiger partial charge in [-0.3, -0.25) is 9.59 Å². The van der Waals surface area contributed by atoms with E-state index in [9.17, 15) is 9.59 Å². The van der Waals surface area contributed by atoms with Crippen LogP contribution in [0.3, 0.4) is 0 Å². The van der Waals surface area contributed by atoms with E-state index in [0.29, 0.717) is 23.0 Å². The van der Waals surface area contributed by atoms with Crippen LogP contribution in [0.25, 0.3) is 0 Å². The summed E-state index contributed by atoms with van der Waals surface area (Å²) in [6.07, 6.45) is 0.791. The smallest absolute Gasteiger partial charge is 0.262 e. The summed E-state index contributed by atoms with van der Waals surface area (Å²) < 4.78 is 5.49. The molecule has 2 aromatic rings. The van der Waals surface area contributed by atoms with E-state index in [1.165, 1.54) is 0 Å². The van der Waals surface area contributed by atoms with Crippen molar-refractivity contribution >= 4 is 34.8 Å². The number of halogens is 1. The maximum atomic E-state index is 12.1. The van der Waals surface area contributed by atoms with Gasteiger partial charge in [0.05, 0.1) is 0 Å². The topological polar surface area (TPSA) is 58.6 Å². The lowest BCUT2D eigenvalue weighted by Crippen LogP contribution is -2.25. The second-order valence-corrected chi connectivity index (χ2v) is 6.42. The van der Waals surface area contributed by atoms with Crippen LogP contribution < -0.4 is 15.0 Å². The zero-order valence-corrected chi connectivity index (χ0v) is 14.9. The van der Waals surface area contributed by atoms with Crippen LogP contribution in [0.15, 0.2) is 36.4 Å². The summed E-state index contributed by atoms with van der Waals surface area (Å²) in [5.41, 5.74) is 3.57. The number of benzene rings is 2. The van der Waals surface area contributed by atoms with E-state index in [2.05, 4.69) is 5.32 Å². The van der Waals surface area contributed by atoms with Gasteiger partial charge in [-0.25, -0.2) is 0 Å². The lowest BCUT2D eigenvalue weighted by atomic mass is 10.1. The fourth-order valence-corrected chi connectivity index (χ4v) is 2.98. The van der Waals surface area contributed by atoms with Crippen molar-refractivity contribution in [2.24, 2.45) is 0 Å². The van der Waals surface area contributed by atoms with Crippen molar-refractivity contribution < 1.29 is 14.3 Å². The van der Waals surface area contributed by atoms with Gasteiger partial charge in [-0.1, -0.05) is 11.6 Å². The average Bonchev–Trinajstić information content (AvgIpc) is 2.99. The van der Waals surface area contributed by atoms with E-state index in [1.807, 2.05) is 19.1 Å². The Hall–Kier alpha value is -2.53. The van der Waals surface area contributed by atoms with Gasteiger partial charge in [-0.2, -0.15) is 0 Å². The predicted octanol–water partition coefficient (Wildman–Crippen LogP) is 3.57. The molecule has 0 unspecified atom stereocenters. The minimum absolute atomic E-state index is 0.0298. The molecule has 2 aromatic carbocycles. The Labute approximate surface area is 151 Å². The van der Waals surface area contributed by atoms with Crippen molar-refractivity contribution in [3.8, 4) is 5.75 Å². The van der Waals surface area contributed by atoms with Gasteiger partial charge in [-0.05, 0) is 60.9 Å². The van der Waals surface area contributed by atoms with Crippen LogP contribution in [0.5, 0.6) is 5.75 Å². The molecule has 0 saturated heterocycles. The van der Waals surface area contributed by atoms with E-state index in [1.54, 1.807) is 36.1 Å². The quantitative estimate of drug-likeness (QED) is 0.908. The molecule has 5 nitrogen and oxygen atoms in total. The number of amides is 2. The summed E-state index contributed by atoms with van der Waals surface area (Å²) >= 11 is 5.97. The third-order valence-electron chi connectivity index (χ3n) is 4.14. The molecule has 1 heterocycles. The first-order valence-corrected chi connectivity index (χ1v) is 8.41. The monoisotopic (exact) mass is 358 g/mol. The molecule has 0 atom stereocenters. The van der Waals surface area contributed by atoms with Gasteiger partial charge in [0.15, 0.2) is 6.61 Å². The zero-order valence-electron chi connectivity index (χ0n) is 14.1. The van der Waals surface area contributed by atoms with Crippen LogP contribution in [0.1, 0.15) is 18.1 Å². The van der Waals surface area contributed by atoms with E-state index in [4.69, 9.17) is 16.3 Å². The van der Waals surface area contributed by atoms with Crippen LogP contribution >= 0.6 is 11.6 Å². The van der Waals surface area contributed by atoms with Crippen molar-refractivity contribution in [1.82, 2.24) is 0 Å². The third-order valence-corrected chi connectivity index (χ3v) is 4.56. The molecular weight excluding hydrogens is 340 g/mol. The molecule has 3 rings (SSSR count).